The number of halogens is 1. The molecular weight excluding hydrogens is 272 g/mol. The molecule has 0 spiro atoms. The first kappa shape index (κ1) is 11.3. The monoisotopic (exact) mass is 278 g/mol. The predicted octanol–water partition coefficient (Wildman–Crippen LogP) is 3.88. The molecule has 18 heavy (non-hydrogen) atoms. The Hall–Kier alpha value is -1.78. The Morgan fingerprint density at radius 3 is 2.83 bits per heavy atom. The molecular formula is C13H7ClO3S. The van der Waals surface area contributed by atoms with Gasteiger partial charge in [-0.2, -0.15) is 0 Å². The first-order valence-electron chi connectivity index (χ1n) is 5.16. The highest BCUT2D eigenvalue weighted by molar-refractivity contribution is 7.16. The van der Waals surface area contributed by atoms with E-state index in [0.717, 1.165) is 16.9 Å². The fraction of sp³-hybridized carbons (Fsp3) is 0. The third-order valence-electron chi connectivity index (χ3n) is 2.55. The van der Waals surface area contributed by atoms with Gasteiger partial charge in [-0.15, -0.1) is 0 Å². The molecule has 1 aromatic heterocycles. The fourth-order valence-electron chi connectivity index (χ4n) is 1.83. The summed E-state index contributed by atoms with van der Waals surface area (Å²) in [4.78, 5) is 10.9. The first-order chi connectivity index (χ1) is 8.63. The second-order valence-electron chi connectivity index (χ2n) is 3.79. The molecule has 90 valence electrons. The molecule has 3 nitrogen and oxygen atoms in total. The number of phenols is 1. The van der Waals surface area contributed by atoms with Crippen LogP contribution in [-0.4, -0.2) is 5.11 Å². The molecule has 3 rings (SSSR count). The van der Waals surface area contributed by atoms with Crippen LogP contribution in [0.2, 0.25) is 5.02 Å². The molecule has 0 aliphatic carbocycles. The van der Waals surface area contributed by atoms with Crippen LogP contribution in [-0.2, 0) is 0 Å². The van der Waals surface area contributed by atoms with Gasteiger partial charge in [0, 0.05) is 16.7 Å². The molecule has 0 amide bonds. The van der Waals surface area contributed by atoms with Crippen molar-refractivity contribution in [2.45, 2.75) is 0 Å². The molecule has 1 N–H and O–H groups in total. The molecule has 0 fully saturated rings. The van der Waals surface area contributed by atoms with Gasteiger partial charge >= 0.3 is 4.94 Å². The molecule has 0 unspecified atom stereocenters. The average Bonchev–Trinajstić information content (AvgIpc) is 2.68. The van der Waals surface area contributed by atoms with Crippen LogP contribution >= 0.6 is 22.9 Å². The molecule has 0 saturated carbocycles. The Labute approximate surface area is 111 Å². The average molecular weight is 279 g/mol. The normalized spacial score (nSPS) is 10.9. The minimum Gasteiger partial charge on any atom is -0.508 e. The zero-order valence-corrected chi connectivity index (χ0v) is 10.6. The number of hydrogen-bond acceptors (Lipinski definition) is 4. The number of aromatic hydroxyl groups is 1. The molecule has 0 aliphatic heterocycles. The van der Waals surface area contributed by atoms with Crippen LogP contribution in [0.5, 0.6) is 5.75 Å². The molecule has 3 aromatic rings. The lowest BCUT2D eigenvalue weighted by molar-refractivity contribution is 0.476. The van der Waals surface area contributed by atoms with Crippen LogP contribution in [0.1, 0.15) is 0 Å². The highest BCUT2D eigenvalue weighted by atomic mass is 35.5. The minimum absolute atomic E-state index is 0.0922. The van der Waals surface area contributed by atoms with Gasteiger partial charge in [-0.3, -0.25) is 0 Å². The molecule has 0 atom stereocenters. The van der Waals surface area contributed by atoms with Crippen LogP contribution < -0.4 is 4.94 Å². The second-order valence-corrected chi connectivity index (χ2v) is 5.20. The minimum atomic E-state index is -0.390. The molecule has 1 heterocycles. The Bertz CT molecular complexity index is 788. The number of phenolic OH excluding ortho intramolecular Hbond substituents is 1. The van der Waals surface area contributed by atoms with Crippen LogP contribution in [0.15, 0.2) is 45.6 Å². The van der Waals surface area contributed by atoms with Crippen molar-refractivity contribution in [3.63, 3.8) is 0 Å². The van der Waals surface area contributed by atoms with Crippen molar-refractivity contribution >= 4 is 33.2 Å². The molecule has 5 heteroatoms. The van der Waals surface area contributed by atoms with Gasteiger partial charge in [0.2, 0.25) is 0 Å². The zero-order valence-electron chi connectivity index (χ0n) is 9.01. The Morgan fingerprint density at radius 1 is 1.22 bits per heavy atom. The van der Waals surface area contributed by atoms with E-state index in [9.17, 15) is 9.90 Å². The third kappa shape index (κ3) is 1.89. The highest BCUT2D eigenvalue weighted by Crippen LogP contribution is 2.34. The van der Waals surface area contributed by atoms with E-state index in [1.807, 2.05) is 6.07 Å². The quantitative estimate of drug-likeness (QED) is 0.735. The highest BCUT2D eigenvalue weighted by Gasteiger charge is 2.12. The van der Waals surface area contributed by atoms with Crippen LogP contribution in [0.4, 0.5) is 0 Å². The Kier molecular flexibility index (Phi) is 2.61. The molecule has 0 saturated heterocycles. The fourth-order valence-corrected chi connectivity index (χ4v) is 2.75. The summed E-state index contributed by atoms with van der Waals surface area (Å²) in [7, 11) is 0. The van der Waals surface area contributed by atoms with Crippen molar-refractivity contribution in [1.29, 1.82) is 0 Å². The zero-order chi connectivity index (χ0) is 12.7. The number of benzene rings is 2. The maximum absolute atomic E-state index is 11.3. The standard InChI is InChI=1S/C13H7ClO3S/c14-8-3-1-2-7(4-8)10-5-9(15)6-11-12(10)17-13(16)18-11/h1-6,15H. The van der Waals surface area contributed by atoms with Crippen molar-refractivity contribution in [2.75, 3.05) is 0 Å². The summed E-state index contributed by atoms with van der Waals surface area (Å²) in [5.74, 6) is 0.0922. The van der Waals surface area contributed by atoms with Gasteiger partial charge < -0.3 is 9.52 Å². The molecule has 0 aliphatic rings. The Balaban J connectivity index is 2.37. The van der Waals surface area contributed by atoms with E-state index in [0.29, 0.717) is 20.9 Å². The van der Waals surface area contributed by atoms with E-state index in [4.69, 9.17) is 16.0 Å². The summed E-state index contributed by atoms with van der Waals surface area (Å²) >= 11 is 6.90. The van der Waals surface area contributed by atoms with Crippen LogP contribution in [0.25, 0.3) is 21.4 Å². The van der Waals surface area contributed by atoms with Crippen molar-refractivity contribution in [2.24, 2.45) is 0 Å². The van der Waals surface area contributed by atoms with Gasteiger partial charge in [-0.1, -0.05) is 35.1 Å². The topological polar surface area (TPSA) is 50.4 Å². The lowest BCUT2D eigenvalue weighted by Crippen LogP contribution is -1.82. The van der Waals surface area contributed by atoms with Crippen molar-refractivity contribution in [3.8, 4) is 16.9 Å². The summed E-state index contributed by atoms with van der Waals surface area (Å²) in [5.41, 5.74) is 1.93. The SMILES string of the molecule is O=c1oc2c(-c3cccc(Cl)c3)cc(O)cc2s1. The van der Waals surface area contributed by atoms with Crippen LogP contribution in [0, 0.1) is 0 Å². The van der Waals surface area contributed by atoms with Gasteiger partial charge in [0.05, 0.1) is 4.70 Å². The summed E-state index contributed by atoms with van der Waals surface area (Å²) in [6.07, 6.45) is 0. The van der Waals surface area contributed by atoms with Crippen molar-refractivity contribution < 1.29 is 9.52 Å². The van der Waals surface area contributed by atoms with Crippen molar-refractivity contribution in [3.05, 3.63) is 51.2 Å². The van der Waals surface area contributed by atoms with Gasteiger partial charge in [0.1, 0.15) is 5.75 Å². The molecule has 0 bridgehead atoms. The maximum atomic E-state index is 11.3. The van der Waals surface area contributed by atoms with E-state index in [1.54, 1.807) is 24.3 Å². The number of hydrogen-bond donors (Lipinski definition) is 1. The van der Waals surface area contributed by atoms with Gasteiger partial charge in [-0.25, -0.2) is 4.79 Å². The first-order valence-corrected chi connectivity index (χ1v) is 6.35. The van der Waals surface area contributed by atoms with E-state index in [-0.39, 0.29) is 10.7 Å². The second kappa shape index (κ2) is 4.15. The van der Waals surface area contributed by atoms with E-state index >= 15 is 0 Å². The van der Waals surface area contributed by atoms with Gasteiger partial charge in [0.15, 0.2) is 5.58 Å². The third-order valence-corrected chi connectivity index (χ3v) is 3.56. The van der Waals surface area contributed by atoms with Crippen molar-refractivity contribution in [1.82, 2.24) is 0 Å². The molecule has 0 radical (unpaired) electrons. The van der Waals surface area contributed by atoms with Gasteiger partial charge in [-0.05, 0) is 23.8 Å². The van der Waals surface area contributed by atoms with E-state index in [2.05, 4.69) is 0 Å². The largest absolute Gasteiger partial charge is 0.508 e. The lowest BCUT2D eigenvalue weighted by Gasteiger charge is -2.03. The summed E-state index contributed by atoms with van der Waals surface area (Å²) in [6, 6.07) is 10.2. The summed E-state index contributed by atoms with van der Waals surface area (Å²) in [5, 5.41) is 10.3. The summed E-state index contributed by atoms with van der Waals surface area (Å²) < 4.78 is 5.78. The maximum Gasteiger partial charge on any atom is 0.396 e. The van der Waals surface area contributed by atoms with Crippen LogP contribution in [0.3, 0.4) is 0 Å². The smallest absolute Gasteiger partial charge is 0.396 e. The van der Waals surface area contributed by atoms with E-state index < -0.39 is 0 Å². The number of rotatable bonds is 1. The van der Waals surface area contributed by atoms with Gasteiger partial charge in [0.25, 0.3) is 0 Å². The predicted molar refractivity (Wildman–Crippen MR) is 72.5 cm³/mol. The molecule has 2 aromatic carbocycles. The number of fused-ring (bicyclic) bond motifs is 1. The Morgan fingerprint density at radius 2 is 2.06 bits per heavy atom. The lowest BCUT2D eigenvalue weighted by atomic mass is 10.0. The van der Waals surface area contributed by atoms with E-state index in [1.165, 1.54) is 6.07 Å². The summed E-state index contributed by atoms with van der Waals surface area (Å²) in [6.45, 7) is 0.